The summed E-state index contributed by atoms with van der Waals surface area (Å²) in [5, 5.41) is 6.65. The number of benzene rings is 1. The molecule has 7 nitrogen and oxygen atoms in total. The van der Waals surface area contributed by atoms with E-state index in [2.05, 4.69) is 22.0 Å². The van der Waals surface area contributed by atoms with Crippen LogP contribution >= 0.6 is 0 Å². The number of aromatic nitrogens is 2. The van der Waals surface area contributed by atoms with Crippen molar-refractivity contribution in [1.29, 1.82) is 0 Å². The molecule has 1 aliphatic heterocycles. The Balaban J connectivity index is 1.60. The predicted molar refractivity (Wildman–Crippen MR) is 86.5 cm³/mol. The first-order valence-corrected chi connectivity index (χ1v) is 7.78. The Labute approximate surface area is 139 Å². The Morgan fingerprint density at radius 2 is 2.17 bits per heavy atom. The molecule has 0 spiro atoms. The maximum Gasteiger partial charge on any atom is 0.246 e. The molecule has 1 atom stereocenters. The summed E-state index contributed by atoms with van der Waals surface area (Å²) in [7, 11) is 0. The van der Waals surface area contributed by atoms with E-state index >= 15 is 0 Å². The third-order valence-electron chi connectivity index (χ3n) is 3.93. The highest BCUT2D eigenvalue weighted by molar-refractivity contribution is 5.93. The van der Waals surface area contributed by atoms with Gasteiger partial charge in [-0.05, 0) is 18.9 Å². The van der Waals surface area contributed by atoms with E-state index in [1.165, 1.54) is 11.0 Å². The average molecular weight is 326 g/mol. The molecule has 1 aliphatic rings. The molecule has 7 heteroatoms. The number of hydrogen-bond acceptors (Lipinski definition) is 5. The minimum atomic E-state index is -0.466. The first-order chi connectivity index (χ1) is 11.7. The molecule has 1 fully saturated rings. The summed E-state index contributed by atoms with van der Waals surface area (Å²) in [5.41, 5.74) is 0.845. The first-order valence-electron chi connectivity index (χ1n) is 7.78. The van der Waals surface area contributed by atoms with Gasteiger partial charge in [0, 0.05) is 12.1 Å². The van der Waals surface area contributed by atoms with Crippen LogP contribution in [0.1, 0.15) is 18.7 Å². The van der Waals surface area contributed by atoms with Crippen LogP contribution in [0, 0.1) is 0 Å². The van der Waals surface area contributed by atoms with Crippen LogP contribution in [0.25, 0.3) is 11.4 Å². The molecule has 2 amide bonds. The van der Waals surface area contributed by atoms with E-state index in [1.54, 1.807) is 0 Å². The van der Waals surface area contributed by atoms with Gasteiger partial charge in [-0.15, -0.1) is 0 Å². The summed E-state index contributed by atoms with van der Waals surface area (Å²) >= 11 is 0. The zero-order valence-electron chi connectivity index (χ0n) is 13.1. The van der Waals surface area contributed by atoms with Crippen LogP contribution in [-0.2, 0) is 16.1 Å². The highest BCUT2D eigenvalue weighted by Crippen LogP contribution is 2.18. The van der Waals surface area contributed by atoms with Crippen LogP contribution in [0.3, 0.4) is 0 Å². The lowest BCUT2D eigenvalue weighted by Crippen LogP contribution is -2.45. The van der Waals surface area contributed by atoms with Crippen molar-refractivity contribution in [1.82, 2.24) is 20.4 Å². The van der Waals surface area contributed by atoms with Crippen molar-refractivity contribution in [2.75, 3.05) is 6.54 Å². The van der Waals surface area contributed by atoms with E-state index in [9.17, 15) is 9.59 Å². The van der Waals surface area contributed by atoms with Gasteiger partial charge in [0.05, 0.1) is 6.54 Å². The lowest BCUT2D eigenvalue weighted by atomic mass is 10.2. The van der Waals surface area contributed by atoms with Crippen LogP contribution < -0.4 is 5.32 Å². The number of nitrogens with one attached hydrogen (secondary N) is 1. The van der Waals surface area contributed by atoms with Gasteiger partial charge in [-0.3, -0.25) is 9.59 Å². The molecule has 1 N–H and O–H groups in total. The lowest BCUT2D eigenvalue weighted by Gasteiger charge is -2.22. The van der Waals surface area contributed by atoms with Crippen molar-refractivity contribution in [3.63, 3.8) is 0 Å². The van der Waals surface area contributed by atoms with E-state index in [0.717, 1.165) is 12.0 Å². The SMILES string of the molecule is C=CC(=O)N1CCCC1C(=O)NCc1nc(-c2ccccc2)no1. The minimum Gasteiger partial charge on any atom is -0.345 e. The molecule has 124 valence electrons. The standard InChI is InChI=1S/C17H18N4O3/c1-2-15(22)21-10-6-9-13(21)17(23)18-11-14-19-16(20-24-14)12-7-4-3-5-8-12/h2-5,7-8,13H,1,6,9-11H2,(H,18,23). The van der Waals surface area contributed by atoms with Gasteiger partial charge >= 0.3 is 0 Å². The Kier molecular flexibility index (Phi) is 4.69. The second kappa shape index (κ2) is 7.08. The summed E-state index contributed by atoms with van der Waals surface area (Å²) in [5.74, 6) is 0.352. The van der Waals surface area contributed by atoms with Crippen molar-refractivity contribution >= 4 is 11.8 Å². The number of hydrogen-bond donors (Lipinski definition) is 1. The smallest absolute Gasteiger partial charge is 0.246 e. The fourth-order valence-corrected chi connectivity index (χ4v) is 2.73. The molecule has 0 saturated carbocycles. The summed E-state index contributed by atoms with van der Waals surface area (Å²) in [6.07, 6.45) is 2.68. The Morgan fingerprint density at radius 3 is 2.92 bits per heavy atom. The van der Waals surface area contributed by atoms with Gasteiger partial charge in [-0.2, -0.15) is 4.98 Å². The van der Waals surface area contributed by atoms with Gasteiger partial charge in [0.2, 0.25) is 23.5 Å². The second-order valence-corrected chi connectivity index (χ2v) is 5.49. The van der Waals surface area contributed by atoms with E-state index in [1.807, 2.05) is 30.3 Å². The van der Waals surface area contributed by atoms with Crippen molar-refractivity contribution in [2.24, 2.45) is 0 Å². The quantitative estimate of drug-likeness (QED) is 0.842. The lowest BCUT2D eigenvalue weighted by molar-refractivity contribution is -0.135. The maximum absolute atomic E-state index is 12.3. The van der Waals surface area contributed by atoms with Gasteiger partial charge in [0.25, 0.3) is 0 Å². The number of carbonyl (C=O) groups excluding carboxylic acids is 2. The molecule has 2 aromatic rings. The molecule has 1 aromatic heterocycles. The average Bonchev–Trinajstić information content (AvgIpc) is 3.29. The number of likely N-dealkylation sites (tertiary alicyclic amines) is 1. The molecule has 0 aliphatic carbocycles. The molecular formula is C17H18N4O3. The third kappa shape index (κ3) is 3.34. The summed E-state index contributed by atoms with van der Waals surface area (Å²) in [6.45, 7) is 4.17. The molecule has 1 aromatic carbocycles. The molecular weight excluding hydrogens is 308 g/mol. The minimum absolute atomic E-state index is 0.130. The van der Waals surface area contributed by atoms with Crippen molar-refractivity contribution in [3.8, 4) is 11.4 Å². The second-order valence-electron chi connectivity index (χ2n) is 5.49. The topological polar surface area (TPSA) is 88.3 Å². The normalized spacial score (nSPS) is 16.8. The molecule has 0 radical (unpaired) electrons. The van der Waals surface area contributed by atoms with Crippen LogP contribution in [0.5, 0.6) is 0 Å². The highest BCUT2D eigenvalue weighted by atomic mass is 16.5. The highest BCUT2D eigenvalue weighted by Gasteiger charge is 2.32. The van der Waals surface area contributed by atoms with Gasteiger partial charge in [0.1, 0.15) is 6.04 Å². The monoisotopic (exact) mass is 326 g/mol. The molecule has 0 bridgehead atoms. The zero-order chi connectivity index (χ0) is 16.9. The molecule has 2 heterocycles. The summed E-state index contributed by atoms with van der Waals surface area (Å²) in [4.78, 5) is 29.8. The molecule has 1 saturated heterocycles. The van der Waals surface area contributed by atoms with Crippen LogP contribution in [0.4, 0.5) is 0 Å². The van der Waals surface area contributed by atoms with Crippen molar-refractivity contribution < 1.29 is 14.1 Å². The zero-order valence-corrected chi connectivity index (χ0v) is 13.1. The number of rotatable bonds is 5. The van der Waals surface area contributed by atoms with E-state index in [-0.39, 0.29) is 18.4 Å². The third-order valence-corrected chi connectivity index (χ3v) is 3.93. The summed E-state index contributed by atoms with van der Waals surface area (Å²) < 4.78 is 5.16. The maximum atomic E-state index is 12.3. The fraction of sp³-hybridized carbons (Fsp3) is 0.294. The first kappa shape index (κ1) is 15.9. The number of nitrogens with zero attached hydrogens (tertiary/aromatic N) is 3. The molecule has 1 unspecified atom stereocenters. The molecule has 24 heavy (non-hydrogen) atoms. The van der Waals surface area contributed by atoms with E-state index in [0.29, 0.717) is 24.7 Å². The summed E-state index contributed by atoms with van der Waals surface area (Å²) in [6, 6.07) is 8.97. The van der Waals surface area contributed by atoms with E-state index < -0.39 is 6.04 Å². The predicted octanol–water partition coefficient (Wildman–Crippen LogP) is 1.53. The Morgan fingerprint density at radius 1 is 1.38 bits per heavy atom. The van der Waals surface area contributed by atoms with Gasteiger partial charge in [-0.25, -0.2) is 0 Å². The van der Waals surface area contributed by atoms with Gasteiger partial charge in [0.15, 0.2) is 0 Å². The van der Waals surface area contributed by atoms with Crippen LogP contribution in [-0.4, -0.2) is 39.4 Å². The van der Waals surface area contributed by atoms with Gasteiger partial charge < -0.3 is 14.7 Å². The van der Waals surface area contributed by atoms with Crippen molar-refractivity contribution in [2.45, 2.75) is 25.4 Å². The fourth-order valence-electron chi connectivity index (χ4n) is 2.73. The number of carbonyl (C=O) groups is 2. The van der Waals surface area contributed by atoms with Crippen LogP contribution in [0.15, 0.2) is 47.5 Å². The Hall–Kier alpha value is -2.96. The largest absolute Gasteiger partial charge is 0.345 e. The van der Waals surface area contributed by atoms with E-state index in [4.69, 9.17) is 4.52 Å². The van der Waals surface area contributed by atoms with Crippen molar-refractivity contribution in [3.05, 3.63) is 48.9 Å². The molecule has 3 rings (SSSR count). The Bertz CT molecular complexity index is 741. The van der Waals surface area contributed by atoms with Crippen LogP contribution in [0.2, 0.25) is 0 Å². The van der Waals surface area contributed by atoms with Gasteiger partial charge in [-0.1, -0.05) is 42.1 Å². The number of amides is 2.